The highest BCUT2D eigenvalue weighted by molar-refractivity contribution is 5.78. The van der Waals surface area contributed by atoms with Crippen molar-refractivity contribution >= 4 is 11.6 Å². The number of carbonyl (C=O) groups excluding carboxylic acids is 1. The highest BCUT2D eigenvalue weighted by Gasteiger charge is 2.25. The van der Waals surface area contributed by atoms with Crippen molar-refractivity contribution in [3.05, 3.63) is 30.2 Å². The van der Waals surface area contributed by atoms with E-state index in [1.165, 1.54) is 0 Å². The molecule has 0 bridgehead atoms. The van der Waals surface area contributed by atoms with Crippen LogP contribution in [0.1, 0.15) is 5.69 Å². The van der Waals surface area contributed by atoms with Gasteiger partial charge in [0.2, 0.25) is 5.91 Å². The lowest BCUT2D eigenvalue weighted by Gasteiger charge is -2.30. The predicted molar refractivity (Wildman–Crippen MR) is 94.8 cm³/mol. The van der Waals surface area contributed by atoms with Crippen LogP contribution in [-0.4, -0.2) is 89.5 Å². The molecular formula is C18H25N5O3. The van der Waals surface area contributed by atoms with Crippen LogP contribution in [0.4, 0.5) is 0 Å². The molecule has 0 aliphatic carbocycles. The summed E-state index contributed by atoms with van der Waals surface area (Å²) in [5.41, 5.74) is 1.83. The molecule has 4 rings (SSSR count). The van der Waals surface area contributed by atoms with Crippen LogP contribution in [0.3, 0.4) is 0 Å². The van der Waals surface area contributed by atoms with Gasteiger partial charge in [0.15, 0.2) is 5.65 Å². The van der Waals surface area contributed by atoms with Crippen molar-refractivity contribution in [1.82, 2.24) is 24.4 Å². The Morgan fingerprint density at radius 2 is 2.00 bits per heavy atom. The highest BCUT2D eigenvalue weighted by Crippen LogP contribution is 2.14. The van der Waals surface area contributed by atoms with E-state index in [4.69, 9.17) is 9.47 Å². The topological polar surface area (TPSA) is 72.2 Å². The number of aromatic nitrogens is 3. The van der Waals surface area contributed by atoms with Gasteiger partial charge in [0.25, 0.3) is 0 Å². The fourth-order valence-corrected chi connectivity index (χ4v) is 3.54. The van der Waals surface area contributed by atoms with Crippen LogP contribution in [0.25, 0.3) is 5.65 Å². The van der Waals surface area contributed by atoms with Gasteiger partial charge in [-0.2, -0.15) is 5.10 Å². The Morgan fingerprint density at radius 3 is 2.88 bits per heavy atom. The molecule has 8 nitrogen and oxygen atoms in total. The zero-order valence-corrected chi connectivity index (χ0v) is 14.9. The predicted octanol–water partition coefficient (Wildman–Crippen LogP) is 0.0790. The van der Waals surface area contributed by atoms with Gasteiger partial charge in [0, 0.05) is 44.5 Å². The number of amides is 1. The molecule has 0 unspecified atom stereocenters. The van der Waals surface area contributed by atoms with E-state index in [0.29, 0.717) is 46.1 Å². The molecule has 2 saturated heterocycles. The monoisotopic (exact) mass is 359 g/mol. The SMILES string of the molecule is O=C(CN1CCOCC1)N1CCOC[C@H](Cc2ccc3nccn3n2)C1. The lowest BCUT2D eigenvalue weighted by molar-refractivity contribution is -0.133. The van der Waals surface area contributed by atoms with Crippen molar-refractivity contribution in [1.29, 1.82) is 0 Å². The maximum atomic E-state index is 12.7. The standard InChI is InChI=1S/C18H25N5O3/c24-18(13-21-5-8-25-9-6-21)22-7-10-26-14-15(12-22)11-16-1-2-17-19-3-4-23(17)20-16/h1-4,15H,5-14H2/t15-/m1/s1. The Kier molecular flexibility index (Phi) is 5.42. The number of carbonyl (C=O) groups is 1. The number of rotatable bonds is 4. The number of fused-ring (bicyclic) bond motifs is 1. The molecule has 1 atom stereocenters. The van der Waals surface area contributed by atoms with Gasteiger partial charge in [-0.05, 0) is 18.6 Å². The second-order valence-corrected chi connectivity index (χ2v) is 6.93. The second-order valence-electron chi connectivity index (χ2n) is 6.93. The summed E-state index contributed by atoms with van der Waals surface area (Å²) in [6.45, 7) is 6.17. The molecule has 2 fully saturated rings. The Bertz CT molecular complexity index is 743. The van der Waals surface area contributed by atoms with E-state index >= 15 is 0 Å². The summed E-state index contributed by atoms with van der Waals surface area (Å²) < 4.78 is 12.9. The van der Waals surface area contributed by atoms with Crippen molar-refractivity contribution < 1.29 is 14.3 Å². The molecule has 4 heterocycles. The molecule has 1 amide bonds. The smallest absolute Gasteiger partial charge is 0.236 e. The molecule has 2 aliphatic rings. The highest BCUT2D eigenvalue weighted by atomic mass is 16.5. The molecule has 2 aromatic heterocycles. The molecule has 26 heavy (non-hydrogen) atoms. The van der Waals surface area contributed by atoms with Gasteiger partial charge in [0.05, 0.1) is 38.7 Å². The van der Waals surface area contributed by atoms with Gasteiger partial charge in [-0.25, -0.2) is 9.50 Å². The van der Waals surface area contributed by atoms with Crippen LogP contribution in [-0.2, 0) is 20.7 Å². The lowest BCUT2D eigenvalue weighted by atomic mass is 10.0. The van der Waals surface area contributed by atoms with Crippen LogP contribution in [0.2, 0.25) is 0 Å². The summed E-state index contributed by atoms with van der Waals surface area (Å²) in [6.07, 6.45) is 4.38. The average molecular weight is 359 g/mol. The minimum Gasteiger partial charge on any atom is -0.379 e. The molecule has 0 radical (unpaired) electrons. The Hall–Kier alpha value is -2.03. The number of imidazole rings is 1. The third kappa shape index (κ3) is 4.20. The molecule has 8 heteroatoms. The van der Waals surface area contributed by atoms with E-state index < -0.39 is 0 Å². The summed E-state index contributed by atoms with van der Waals surface area (Å²) >= 11 is 0. The minimum absolute atomic E-state index is 0.181. The molecule has 0 spiro atoms. The maximum absolute atomic E-state index is 12.7. The zero-order valence-electron chi connectivity index (χ0n) is 14.9. The summed E-state index contributed by atoms with van der Waals surface area (Å²) in [6, 6.07) is 3.98. The van der Waals surface area contributed by atoms with Gasteiger partial charge in [-0.15, -0.1) is 0 Å². The number of hydrogen-bond acceptors (Lipinski definition) is 6. The van der Waals surface area contributed by atoms with Crippen LogP contribution >= 0.6 is 0 Å². The largest absolute Gasteiger partial charge is 0.379 e. The minimum atomic E-state index is 0.181. The number of nitrogens with zero attached hydrogens (tertiary/aromatic N) is 5. The quantitative estimate of drug-likeness (QED) is 0.770. The molecule has 140 valence electrons. The van der Waals surface area contributed by atoms with Gasteiger partial charge in [-0.3, -0.25) is 9.69 Å². The van der Waals surface area contributed by atoms with E-state index in [-0.39, 0.29) is 11.8 Å². The van der Waals surface area contributed by atoms with Crippen LogP contribution < -0.4 is 0 Å². The normalized spacial score (nSPS) is 22.5. The summed E-state index contributed by atoms with van der Waals surface area (Å²) in [4.78, 5) is 21.1. The summed E-state index contributed by atoms with van der Waals surface area (Å²) in [5.74, 6) is 0.431. The van der Waals surface area contributed by atoms with E-state index in [1.54, 1.807) is 10.7 Å². The van der Waals surface area contributed by atoms with Crippen LogP contribution in [0, 0.1) is 5.92 Å². The Labute approximate surface area is 152 Å². The summed E-state index contributed by atoms with van der Waals surface area (Å²) in [5, 5.41) is 4.60. The van der Waals surface area contributed by atoms with Crippen molar-refractivity contribution in [2.24, 2.45) is 5.92 Å². The fourth-order valence-electron chi connectivity index (χ4n) is 3.54. The first-order valence-electron chi connectivity index (χ1n) is 9.23. The van der Waals surface area contributed by atoms with E-state index in [1.807, 2.05) is 23.2 Å². The van der Waals surface area contributed by atoms with Gasteiger partial charge in [-0.1, -0.05) is 0 Å². The molecule has 0 aromatic carbocycles. The Balaban J connectivity index is 1.37. The molecule has 0 N–H and O–H groups in total. The van der Waals surface area contributed by atoms with Crippen LogP contribution in [0.5, 0.6) is 0 Å². The third-order valence-corrected chi connectivity index (χ3v) is 4.96. The van der Waals surface area contributed by atoms with Crippen LogP contribution in [0.15, 0.2) is 24.5 Å². The number of ether oxygens (including phenoxy) is 2. The first-order valence-corrected chi connectivity index (χ1v) is 9.23. The van der Waals surface area contributed by atoms with E-state index in [9.17, 15) is 4.79 Å². The maximum Gasteiger partial charge on any atom is 0.236 e. The van der Waals surface area contributed by atoms with Crippen molar-refractivity contribution in [2.75, 3.05) is 59.2 Å². The second kappa shape index (κ2) is 8.11. The first kappa shape index (κ1) is 17.4. The van der Waals surface area contributed by atoms with Crippen molar-refractivity contribution in [2.45, 2.75) is 6.42 Å². The molecule has 0 saturated carbocycles. The summed E-state index contributed by atoms with van der Waals surface area (Å²) in [7, 11) is 0. The lowest BCUT2D eigenvalue weighted by Crippen LogP contribution is -2.46. The van der Waals surface area contributed by atoms with E-state index in [2.05, 4.69) is 15.0 Å². The molecule has 2 aliphatic heterocycles. The molecule has 2 aromatic rings. The van der Waals surface area contributed by atoms with Gasteiger partial charge >= 0.3 is 0 Å². The van der Waals surface area contributed by atoms with Gasteiger partial charge in [0.1, 0.15) is 0 Å². The van der Waals surface area contributed by atoms with E-state index in [0.717, 1.165) is 30.9 Å². The number of morpholine rings is 1. The first-order chi connectivity index (χ1) is 12.8. The average Bonchev–Trinajstić information content (AvgIpc) is 3.00. The number of hydrogen-bond donors (Lipinski definition) is 0. The van der Waals surface area contributed by atoms with Gasteiger partial charge < -0.3 is 14.4 Å². The fraction of sp³-hybridized carbons (Fsp3) is 0.611. The Morgan fingerprint density at radius 1 is 1.15 bits per heavy atom. The zero-order chi connectivity index (χ0) is 17.8. The molecular weight excluding hydrogens is 334 g/mol. The third-order valence-electron chi connectivity index (χ3n) is 4.96. The van der Waals surface area contributed by atoms with Crippen molar-refractivity contribution in [3.63, 3.8) is 0 Å². The van der Waals surface area contributed by atoms with Crippen molar-refractivity contribution in [3.8, 4) is 0 Å².